The molecular formula is C16H30N2. The maximum atomic E-state index is 3.92. The van der Waals surface area contributed by atoms with Gasteiger partial charge in [0.05, 0.1) is 0 Å². The number of nitrogens with one attached hydrogen (secondary N) is 1. The largest absolute Gasteiger partial charge is 0.308 e. The van der Waals surface area contributed by atoms with Gasteiger partial charge in [-0.25, -0.2) is 0 Å². The molecule has 2 saturated carbocycles. The van der Waals surface area contributed by atoms with E-state index in [0.29, 0.717) is 5.54 Å². The maximum Gasteiger partial charge on any atom is 0.0304 e. The van der Waals surface area contributed by atoms with E-state index in [1.807, 2.05) is 0 Å². The summed E-state index contributed by atoms with van der Waals surface area (Å²) in [7, 11) is 0. The molecule has 1 heterocycles. The Bertz CT molecular complexity index is 275. The van der Waals surface area contributed by atoms with Crippen LogP contribution in [0.25, 0.3) is 0 Å². The summed E-state index contributed by atoms with van der Waals surface area (Å²) in [6, 6.07) is 1.77. The van der Waals surface area contributed by atoms with Gasteiger partial charge in [-0.15, -0.1) is 0 Å². The molecule has 0 aromatic rings. The molecule has 1 saturated heterocycles. The first-order valence-corrected chi connectivity index (χ1v) is 8.29. The lowest BCUT2D eigenvalue weighted by molar-refractivity contribution is 0.0288. The van der Waals surface area contributed by atoms with Crippen LogP contribution in [0, 0.1) is 5.92 Å². The molecule has 0 aromatic carbocycles. The molecule has 2 aliphatic carbocycles. The molecule has 0 spiro atoms. The highest BCUT2D eigenvalue weighted by atomic mass is 15.3. The third-order valence-corrected chi connectivity index (χ3v) is 5.91. The second-order valence-electron chi connectivity index (χ2n) is 6.88. The normalized spacial score (nSPS) is 34.0. The van der Waals surface area contributed by atoms with Crippen LogP contribution in [-0.4, -0.2) is 35.6 Å². The molecule has 0 amide bonds. The van der Waals surface area contributed by atoms with Crippen LogP contribution in [0.4, 0.5) is 0 Å². The van der Waals surface area contributed by atoms with E-state index < -0.39 is 0 Å². The van der Waals surface area contributed by atoms with Gasteiger partial charge < -0.3 is 5.32 Å². The predicted octanol–water partition coefficient (Wildman–Crippen LogP) is 3.17. The van der Waals surface area contributed by atoms with E-state index in [0.717, 1.165) is 18.0 Å². The zero-order chi connectivity index (χ0) is 12.6. The van der Waals surface area contributed by atoms with Gasteiger partial charge in [0, 0.05) is 30.7 Å². The molecule has 18 heavy (non-hydrogen) atoms. The number of hydrogen-bond donors (Lipinski definition) is 1. The fraction of sp³-hybridized carbons (Fsp3) is 1.00. The Morgan fingerprint density at radius 3 is 2.28 bits per heavy atom. The van der Waals surface area contributed by atoms with Gasteiger partial charge in [0.1, 0.15) is 0 Å². The lowest BCUT2D eigenvalue weighted by Gasteiger charge is -2.50. The Morgan fingerprint density at radius 1 is 1.06 bits per heavy atom. The molecular weight excluding hydrogens is 220 g/mol. The quantitative estimate of drug-likeness (QED) is 0.824. The van der Waals surface area contributed by atoms with Gasteiger partial charge in [-0.1, -0.05) is 26.7 Å². The second-order valence-corrected chi connectivity index (χ2v) is 6.88. The smallest absolute Gasteiger partial charge is 0.0304 e. The van der Waals surface area contributed by atoms with Crippen LogP contribution in [-0.2, 0) is 0 Å². The van der Waals surface area contributed by atoms with Crippen LogP contribution in [0.5, 0.6) is 0 Å². The molecule has 0 radical (unpaired) electrons. The summed E-state index contributed by atoms with van der Waals surface area (Å²) < 4.78 is 0. The second kappa shape index (κ2) is 5.13. The van der Waals surface area contributed by atoms with E-state index in [1.165, 1.54) is 64.5 Å². The highest BCUT2D eigenvalue weighted by molar-refractivity contribution is 5.03. The number of rotatable bonds is 4. The van der Waals surface area contributed by atoms with Crippen molar-refractivity contribution in [3.8, 4) is 0 Å². The zero-order valence-corrected chi connectivity index (χ0v) is 12.3. The van der Waals surface area contributed by atoms with Crippen molar-refractivity contribution >= 4 is 0 Å². The summed E-state index contributed by atoms with van der Waals surface area (Å²) >= 11 is 0. The van der Waals surface area contributed by atoms with Crippen molar-refractivity contribution in [1.29, 1.82) is 0 Å². The van der Waals surface area contributed by atoms with E-state index in [4.69, 9.17) is 0 Å². The summed E-state index contributed by atoms with van der Waals surface area (Å²) in [6.45, 7) is 7.29. The lowest BCUT2D eigenvalue weighted by atomic mass is 9.86. The van der Waals surface area contributed by atoms with Crippen molar-refractivity contribution in [2.24, 2.45) is 5.92 Å². The third-order valence-electron chi connectivity index (χ3n) is 5.91. The van der Waals surface area contributed by atoms with Gasteiger partial charge in [0.15, 0.2) is 0 Å². The zero-order valence-electron chi connectivity index (χ0n) is 12.3. The van der Waals surface area contributed by atoms with Crippen LogP contribution in [0.1, 0.15) is 65.2 Å². The van der Waals surface area contributed by atoms with E-state index in [1.54, 1.807) is 0 Å². The number of nitrogens with zero attached hydrogens (tertiary/aromatic N) is 1. The van der Waals surface area contributed by atoms with Gasteiger partial charge in [-0.2, -0.15) is 0 Å². The van der Waals surface area contributed by atoms with E-state index in [-0.39, 0.29) is 0 Å². The van der Waals surface area contributed by atoms with Crippen LogP contribution in [0.2, 0.25) is 0 Å². The summed E-state index contributed by atoms with van der Waals surface area (Å²) in [6.07, 6.45) is 11.4. The predicted molar refractivity (Wildman–Crippen MR) is 76.8 cm³/mol. The standard InChI is InChI=1S/C16H30N2/c1-3-16(4-2)12-18(14-7-5-6-8-14)15(11-17-16)13-9-10-13/h13-15,17H,3-12H2,1-2H3. The Hall–Kier alpha value is -0.0800. The molecule has 0 aromatic heterocycles. The SMILES string of the molecule is CCC1(CC)CN(C2CCCC2)C(C2CC2)CN1. The fourth-order valence-corrected chi connectivity index (χ4v) is 4.24. The Morgan fingerprint density at radius 2 is 1.72 bits per heavy atom. The van der Waals surface area contributed by atoms with Crippen LogP contribution in [0.15, 0.2) is 0 Å². The first kappa shape index (κ1) is 12.9. The minimum absolute atomic E-state index is 0.411. The van der Waals surface area contributed by atoms with Crippen LogP contribution >= 0.6 is 0 Å². The molecule has 3 rings (SSSR count). The summed E-state index contributed by atoms with van der Waals surface area (Å²) in [5.41, 5.74) is 0.411. The Balaban J connectivity index is 1.74. The minimum atomic E-state index is 0.411. The lowest BCUT2D eigenvalue weighted by Crippen LogP contribution is -2.66. The molecule has 1 N–H and O–H groups in total. The molecule has 1 atom stereocenters. The van der Waals surface area contributed by atoms with Crippen molar-refractivity contribution in [1.82, 2.24) is 10.2 Å². The van der Waals surface area contributed by atoms with E-state index in [2.05, 4.69) is 24.1 Å². The minimum Gasteiger partial charge on any atom is -0.308 e. The van der Waals surface area contributed by atoms with Crippen LogP contribution < -0.4 is 5.32 Å². The summed E-state index contributed by atoms with van der Waals surface area (Å²) in [4.78, 5) is 2.94. The van der Waals surface area contributed by atoms with E-state index >= 15 is 0 Å². The molecule has 3 aliphatic rings. The van der Waals surface area contributed by atoms with E-state index in [9.17, 15) is 0 Å². The van der Waals surface area contributed by atoms with Crippen molar-refractivity contribution in [2.75, 3.05) is 13.1 Å². The molecule has 104 valence electrons. The highest BCUT2D eigenvalue weighted by Crippen LogP contribution is 2.41. The summed E-state index contributed by atoms with van der Waals surface area (Å²) in [5.74, 6) is 1.02. The van der Waals surface area contributed by atoms with Crippen molar-refractivity contribution in [3.05, 3.63) is 0 Å². The molecule has 3 fully saturated rings. The number of piperazine rings is 1. The highest BCUT2D eigenvalue weighted by Gasteiger charge is 2.45. The molecule has 2 nitrogen and oxygen atoms in total. The number of hydrogen-bond acceptors (Lipinski definition) is 2. The fourth-order valence-electron chi connectivity index (χ4n) is 4.24. The van der Waals surface area contributed by atoms with Gasteiger partial charge in [-0.3, -0.25) is 4.90 Å². The van der Waals surface area contributed by atoms with Crippen molar-refractivity contribution in [2.45, 2.75) is 82.8 Å². The summed E-state index contributed by atoms with van der Waals surface area (Å²) in [5, 5.41) is 3.92. The van der Waals surface area contributed by atoms with Crippen molar-refractivity contribution < 1.29 is 0 Å². The first-order chi connectivity index (χ1) is 8.78. The van der Waals surface area contributed by atoms with Gasteiger partial charge in [0.2, 0.25) is 0 Å². The molecule has 1 unspecified atom stereocenters. The molecule has 0 bridgehead atoms. The molecule has 1 aliphatic heterocycles. The first-order valence-electron chi connectivity index (χ1n) is 8.29. The average molecular weight is 250 g/mol. The van der Waals surface area contributed by atoms with Gasteiger partial charge in [0.25, 0.3) is 0 Å². The Labute approximate surface area is 113 Å². The molecule has 2 heteroatoms. The third kappa shape index (κ3) is 2.34. The maximum absolute atomic E-state index is 3.92. The van der Waals surface area contributed by atoms with Crippen LogP contribution in [0.3, 0.4) is 0 Å². The Kier molecular flexibility index (Phi) is 3.68. The van der Waals surface area contributed by atoms with Gasteiger partial charge >= 0.3 is 0 Å². The monoisotopic (exact) mass is 250 g/mol. The van der Waals surface area contributed by atoms with Crippen molar-refractivity contribution in [3.63, 3.8) is 0 Å². The average Bonchev–Trinajstić information content (AvgIpc) is 3.12. The van der Waals surface area contributed by atoms with Gasteiger partial charge in [-0.05, 0) is 44.4 Å². The topological polar surface area (TPSA) is 15.3 Å².